The number of piperidine rings is 1. The van der Waals surface area contributed by atoms with Crippen molar-refractivity contribution >= 4 is 34.7 Å². The molecule has 2 aromatic carbocycles. The lowest BCUT2D eigenvalue weighted by atomic mass is 9.83. The molecule has 0 aliphatic carbocycles. The molecular formula is C42H54N6O5. The lowest BCUT2D eigenvalue weighted by Crippen LogP contribution is -2.66. The minimum absolute atomic E-state index is 0.0616. The zero-order chi connectivity index (χ0) is 37.6. The third-order valence-corrected chi connectivity index (χ3v) is 9.84. The van der Waals surface area contributed by atoms with E-state index in [-0.39, 0.29) is 30.2 Å². The molecule has 5 rings (SSSR count). The molecule has 1 aliphatic heterocycles. The van der Waals surface area contributed by atoms with E-state index < -0.39 is 11.6 Å². The predicted molar refractivity (Wildman–Crippen MR) is 207 cm³/mol. The maximum absolute atomic E-state index is 14.6. The fourth-order valence-corrected chi connectivity index (χ4v) is 7.07. The molecule has 0 saturated carbocycles. The number of ether oxygens (including phenoxy) is 1. The molecule has 11 heteroatoms. The van der Waals surface area contributed by atoms with E-state index in [2.05, 4.69) is 37.6 Å². The van der Waals surface area contributed by atoms with E-state index in [1.165, 1.54) is 12.5 Å². The van der Waals surface area contributed by atoms with Crippen molar-refractivity contribution < 1.29 is 24.2 Å². The molecule has 4 aromatic rings. The molecule has 0 unspecified atom stereocenters. The standard InChI is InChI=1S/C42H54N6O5/c1-31(2)25-38(46-32(3)50)40(51)48(21-11-6-12-24-49)42(18-22-47(23-19-42)29-33-13-7-4-8-14-33)41(52)43-20-17-35-27-44-37-26-39(45-28-36(35)37)53-30-34-15-9-5-10-16-34/h4-5,7-10,13-17,20,26-28,31,38,44,49H,6,11-12,18-19,21-25,29-30H2,1-3H3,(H,43,52)(H,46,50)/b20-17-/t38-/m1/s1. The van der Waals surface area contributed by atoms with Gasteiger partial charge in [-0.05, 0) is 61.6 Å². The minimum atomic E-state index is -1.14. The molecule has 1 aliphatic rings. The van der Waals surface area contributed by atoms with Gasteiger partial charge in [-0.2, -0.15) is 0 Å². The lowest BCUT2D eigenvalue weighted by molar-refractivity contribution is -0.153. The smallest absolute Gasteiger partial charge is 0.249 e. The third-order valence-electron chi connectivity index (χ3n) is 9.84. The first-order valence-corrected chi connectivity index (χ1v) is 18.8. The van der Waals surface area contributed by atoms with Gasteiger partial charge in [-0.3, -0.25) is 19.3 Å². The number of aromatic nitrogens is 2. The van der Waals surface area contributed by atoms with Crippen LogP contribution >= 0.6 is 0 Å². The highest BCUT2D eigenvalue weighted by molar-refractivity contribution is 5.95. The summed E-state index contributed by atoms with van der Waals surface area (Å²) in [5, 5.41) is 16.3. The SMILES string of the molecule is CC(=O)N[C@H](CC(C)C)C(=O)N(CCCCCO)C1(C(=O)N/C=C\c2c[nH]c3cc(OCc4ccccc4)ncc23)CCN(Cc2ccccc2)CC1. The van der Waals surface area contributed by atoms with Gasteiger partial charge in [0.1, 0.15) is 18.2 Å². The summed E-state index contributed by atoms with van der Waals surface area (Å²) in [7, 11) is 0. The molecule has 0 spiro atoms. The summed E-state index contributed by atoms with van der Waals surface area (Å²) in [6.07, 6.45) is 10.3. The van der Waals surface area contributed by atoms with E-state index in [1.807, 2.05) is 80.7 Å². The average molecular weight is 723 g/mol. The second-order valence-corrected chi connectivity index (χ2v) is 14.3. The van der Waals surface area contributed by atoms with E-state index in [0.717, 1.165) is 28.6 Å². The first kappa shape index (κ1) is 39.2. The Morgan fingerprint density at radius 1 is 1.02 bits per heavy atom. The largest absolute Gasteiger partial charge is 0.473 e. The quantitative estimate of drug-likeness (QED) is 0.0952. The van der Waals surface area contributed by atoms with E-state index in [9.17, 15) is 19.5 Å². The highest BCUT2D eigenvalue weighted by atomic mass is 16.5. The van der Waals surface area contributed by atoms with Gasteiger partial charge in [0.05, 0.1) is 5.52 Å². The van der Waals surface area contributed by atoms with Crippen LogP contribution in [-0.4, -0.2) is 80.4 Å². The summed E-state index contributed by atoms with van der Waals surface area (Å²) in [4.78, 5) is 53.3. The van der Waals surface area contributed by atoms with Crippen molar-refractivity contribution in [1.82, 2.24) is 30.4 Å². The number of hydrogen-bond acceptors (Lipinski definition) is 7. The van der Waals surface area contributed by atoms with Gasteiger partial charge in [-0.25, -0.2) is 4.98 Å². The monoisotopic (exact) mass is 722 g/mol. The average Bonchev–Trinajstić information content (AvgIpc) is 3.56. The minimum Gasteiger partial charge on any atom is -0.473 e. The van der Waals surface area contributed by atoms with Crippen LogP contribution in [0.5, 0.6) is 5.88 Å². The molecule has 3 amide bonds. The number of aliphatic hydroxyl groups is 1. The molecule has 1 fully saturated rings. The molecule has 1 atom stereocenters. The van der Waals surface area contributed by atoms with E-state index in [1.54, 1.807) is 17.3 Å². The maximum Gasteiger partial charge on any atom is 0.249 e. The van der Waals surface area contributed by atoms with Gasteiger partial charge < -0.3 is 30.4 Å². The van der Waals surface area contributed by atoms with Gasteiger partial charge in [0.2, 0.25) is 23.6 Å². The van der Waals surface area contributed by atoms with Crippen molar-refractivity contribution in [3.8, 4) is 5.88 Å². The van der Waals surface area contributed by atoms with Crippen LogP contribution in [0.25, 0.3) is 17.0 Å². The normalized spacial score (nSPS) is 15.0. The number of fused-ring (bicyclic) bond motifs is 1. The maximum atomic E-state index is 14.6. The van der Waals surface area contributed by atoms with E-state index >= 15 is 0 Å². The number of likely N-dealkylation sites (tertiary alicyclic amines) is 1. The number of pyridine rings is 1. The van der Waals surface area contributed by atoms with Crippen LogP contribution in [0.3, 0.4) is 0 Å². The number of hydrogen-bond donors (Lipinski definition) is 4. The van der Waals surface area contributed by atoms with Crippen LogP contribution in [0.2, 0.25) is 0 Å². The first-order chi connectivity index (χ1) is 25.7. The Hall–Kier alpha value is -5.00. The number of aliphatic hydroxyl groups excluding tert-OH is 1. The number of aromatic amines is 1. The number of carbonyl (C=O) groups excluding carboxylic acids is 3. The number of carbonyl (C=O) groups is 3. The van der Waals surface area contributed by atoms with Gasteiger partial charge >= 0.3 is 0 Å². The summed E-state index contributed by atoms with van der Waals surface area (Å²) in [6, 6.07) is 21.2. The molecule has 2 aromatic heterocycles. The number of H-pyrrole nitrogens is 1. The number of nitrogens with zero attached hydrogens (tertiary/aromatic N) is 3. The zero-order valence-corrected chi connectivity index (χ0v) is 31.2. The second kappa shape index (κ2) is 19.2. The Morgan fingerprint density at radius 2 is 1.72 bits per heavy atom. The van der Waals surface area contributed by atoms with Crippen molar-refractivity contribution in [3.05, 3.63) is 102 Å². The van der Waals surface area contributed by atoms with Gasteiger partial charge in [0.15, 0.2) is 0 Å². The Kier molecular flexibility index (Phi) is 14.2. The van der Waals surface area contributed by atoms with Crippen molar-refractivity contribution in [2.45, 2.75) is 84.0 Å². The molecule has 11 nitrogen and oxygen atoms in total. The Labute approximate surface area is 312 Å². The van der Waals surface area contributed by atoms with Gasteiger partial charge in [0.25, 0.3) is 0 Å². The van der Waals surface area contributed by atoms with Crippen LogP contribution < -0.4 is 15.4 Å². The van der Waals surface area contributed by atoms with Crippen molar-refractivity contribution in [2.24, 2.45) is 5.92 Å². The topological polar surface area (TPSA) is 140 Å². The van der Waals surface area contributed by atoms with Crippen LogP contribution in [-0.2, 0) is 27.5 Å². The summed E-state index contributed by atoms with van der Waals surface area (Å²) in [5.74, 6) is -0.145. The van der Waals surface area contributed by atoms with Crippen molar-refractivity contribution in [1.29, 1.82) is 0 Å². The summed E-state index contributed by atoms with van der Waals surface area (Å²) in [6.45, 7) is 8.24. The Morgan fingerprint density at radius 3 is 2.38 bits per heavy atom. The van der Waals surface area contributed by atoms with E-state index in [0.29, 0.717) is 70.6 Å². The van der Waals surface area contributed by atoms with Gasteiger partial charge in [0, 0.05) is 75.3 Å². The third kappa shape index (κ3) is 10.8. The predicted octanol–water partition coefficient (Wildman–Crippen LogP) is 5.81. The Balaban J connectivity index is 1.38. The fourth-order valence-electron chi connectivity index (χ4n) is 7.07. The fraction of sp³-hybridized carbons (Fsp3) is 0.429. The van der Waals surface area contributed by atoms with Gasteiger partial charge in [-0.15, -0.1) is 0 Å². The number of amides is 3. The first-order valence-electron chi connectivity index (χ1n) is 18.8. The molecule has 4 N–H and O–H groups in total. The van der Waals surface area contributed by atoms with Crippen molar-refractivity contribution in [2.75, 3.05) is 26.2 Å². The summed E-state index contributed by atoms with van der Waals surface area (Å²) in [5.41, 5.74) is 2.79. The van der Waals surface area contributed by atoms with Crippen LogP contribution in [0.4, 0.5) is 0 Å². The van der Waals surface area contributed by atoms with Crippen molar-refractivity contribution in [3.63, 3.8) is 0 Å². The highest BCUT2D eigenvalue weighted by Crippen LogP contribution is 2.33. The van der Waals surface area contributed by atoms with E-state index in [4.69, 9.17) is 4.74 Å². The highest BCUT2D eigenvalue weighted by Gasteiger charge is 2.49. The molecule has 0 radical (unpaired) electrons. The summed E-state index contributed by atoms with van der Waals surface area (Å²) >= 11 is 0. The second-order valence-electron chi connectivity index (χ2n) is 14.3. The molecule has 0 bridgehead atoms. The lowest BCUT2D eigenvalue weighted by Gasteiger charge is -2.48. The molecule has 1 saturated heterocycles. The van der Waals surface area contributed by atoms with Crippen LogP contribution in [0, 0.1) is 5.92 Å². The molecular weight excluding hydrogens is 668 g/mol. The number of nitrogens with one attached hydrogen (secondary N) is 3. The Bertz CT molecular complexity index is 1800. The molecule has 3 heterocycles. The number of rotatable bonds is 18. The van der Waals surface area contributed by atoms with Gasteiger partial charge in [-0.1, -0.05) is 74.5 Å². The molecule has 282 valence electrons. The molecule has 53 heavy (non-hydrogen) atoms. The number of unbranched alkanes of at least 4 members (excludes halogenated alkanes) is 2. The summed E-state index contributed by atoms with van der Waals surface area (Å²) < 4.78 is 5.91. The van der Waals surface area contributed by atoms with Crippen LogP contribution in [0.15, 0.2) is 85.3 Å². The van der Waals surface area contributed by atoms with Crippen LogP contribution in [0.1, 0.15) is 76.0 Å². The zero-order valence-electron chi connectivity index (χ0n) is 31.2. The number of benzene rings is 2.